The molecule has 1 amide bonds. The Hall–Kier alpha value is -1.79. The Morgan fingerprint density at radius 3 is 2.79 bits per heavy atom. The van der Waals surface area contributed by atoms with E-state index in [0.717, 1.165) is 0 Å². The minimum absolute atomic E-state index is 0.123. The molecule has 0 aliphatic heterocycles. The Morgan fingerprint density at radius 2 is 2.16 bits per heavy atom. The lowest BCUT2D eigenvalue weighted by atomic mass is 10.2. The highest BCUT2D eigenvalue weighted by Crippen LogP contribution is 2.26. The fourth-order valence-corrected chi connectivity index (χ4v) is 1.58. The van der Waals surface area contributed by atoms with Gasteiger partial charge in [-0.25, -0.2) is 0 Å². The molecule has 0 unspecified atom stereocenters. The fraction of sp³-hybridized carbons (Fsp3) is 0.462. The Kier molecular flexibility index (Phi) is 6.11. The minimum Gasteiger partial charge on any atom is -0.495 e. The van der Waals surface area contributed by atoms with Crippen molar-refractivity contribution < 1.29 is 14.3 Å². The van der Waals surface area contributed by atoms with E-state index in [9.17, 15) is 4.79 Å². The Labute approximate surface area is 113 Å². The normalized spacial score (nSPS) is 10.5. The van der Waals surface area contributed by atoms with Crippen LogP contribution in [0.3, 0.4) is 0 Å². The molecule has 0 heterocycles. The van der Waals surface area contributed by atoms with E-state index in [1.165, 1.54) is 0 Å². The second kappa shape index (κ2) is 7.60. The van der Waals surface area contributed by atoms with Crippen LogP contribution in [0.25, 0.3) is 0 Å². The lowest BCUT2D eigenvalue weighted by Gasteiger charge is -2.16. The number of nitrogens with zero attached hydrogens (tertiary/aromatic N) is 1. The van der Waals surface area contributed by atoms with Gasteiger partial charge in [0.1, 0.15) is 5.75 Å². The average molecular weight is 267 g/mol. The van der Waals surface area contributed by atoms with Gasteiger partial charge in [-0.1, -0.05) is 0 Å². The van der Waals surface area contributed by atoms with Crippen LogP contribution in [0.5, 0.6) is 5.75 Å². The number of amides is 1. The summed E-state index contributed by atoms with van der Waals surface area (Å²) in [6.07, 6.45) is 0. The van der Waals surface area contributed by atoms with Crippen molar-refractivity contribution in [3.8, 4) is 5.75 Å². The lowest BCUT2D eigenvalue weighted by molar-refractivity contribution is -0.117. The summed E-state index contributed by atoms with van der Waals surface area (Å²) in [4.78, 5) is 13.7. The summed E-state index contributed by atoms with van der Waals surface area (Å²) in [7, 11) is 5.03. The maximum atomic E-state index is 11.9. The van der Waals surface area contributed by atoms with Gasteiger partial charge in [0, 0.05) is 19.3 Å². The second-order valence-electron chi connectivity index (χ2n) is 4.24. The first-order valence-electron chi connectivity index (χ1n) is 5.97. The molecular formula is C13H21N3O3. The van der Waals surface area contributed by atoms with Crippen LogP contribution in [0.1, 0.15) is 0 Å². The van der Waals surface area contributed by atoms with Gasteiger partial charge in [0.25, 0.3) is 0 Å². The molecule has 3 N–H and O–H groups in total. The molecule has 106 valence electrons. The van der Waals surface area contributed by atoms with Crippen molar-refractivity contribution in [2.75, 3.05) is 52.0 Å². The number of anilines is 2. The fourth-order valence-electron chi connectivity index (χ4n) is 1.58. The van der Waals surface area contributed by atoms with E-state index >= 15 is 0 Å². The number of hydrogen-bond acceptors (Lipinski definition) is 5. The van der Waals surface area contributed by atoms with Gasteiger partial charge in [-0.05, 0) is 25.2 Å². The quantitative estimate of drug-likeness (QED) is 0.714. The molecule has 1 rings (SSSR count). The number of methoxy groups -OCH3 is 2. The standard InChI is InChI=1S/C13H21N3O3/c1-16(6-7-18-2)9-13(17)15-11-8-10(14)4-5-12(11)19-3/h4-5,8H,6-7,9,14H2,1-3H3,(H,15,17). The van der Waals surface area contributed by atoms with Crippen LogP contribution in [-0.2, 0) is 9.53 Å². The number of likely N-dealkylation sites (N-methyl/N-ethyl adjacent to an activating group) is 1. The largest absolute Gasteiger partial charge is 0.495 e. The SMILES string of the molecule is COCCN(C)CC(=O)Nc1cc(N)ccc1OC. The molecule has 0 radical (unpaired) electrons. The Balaban J connectivity index is 2.59. The van der Waals surface area contributed by atoms with Gasteiger partial charge in [-0.15, -0.1) is 0 Å². The van der Waals surface area contributed by atoms with Gasteiger partial charge < -0.3 is 20.5 Å². The monoisotopic (exact) mass is 267 g/mol. The van der Waals surface area contributed by atoms with Crippen LogP contribution in [-0.4, -0.2) is 51.8 Å². The zero-order chi connectivity index (χ0) is 14.3. The number of benzene rings is 1. The van der Waals surface area contributed by atoms with E-state index in [0.29, 0.717) is 30.3 Å². The van der Waals surface area contributed by atoms with Gasteiger partial charge in [0.15, 0.2) is 0 Å². The number of hydrogen-bond donors (Lipinski definition) is 2. The van der Waals surface area contributed by atoms with Crippen molar-refractivity contribution in [3.63, 3.8) is 0 Å². The molecule has 0 saturated heterocycles. The molecule has 6 heteroatoms. The minimum atomic E-state index is -0.123. The molecule has 6 nitrogen and oxygen atoms in total. The third kappa shape index (κ3) is 5.15. The first-order chi connectivity index (χ1) is 9.06. The Morgan fingerprint density at radius 1 is 1.42 bits per heavy atom. The molecule has 0 aliphatic rings. The van der Waals surface area contributed by atoms with E-state index in [2.05, 4.69) is 5.32 Å². The number of nitrogen functional groups attached to an aromatic ring is 1. The van der Waals surface area contributed by atoms with Crippen molar-refractivity contribution in [2.45, 2.75) is 0 Å². The van der Waals surface area contributed by atoms with Crippen molar-refractivity contribution in [2.24, 2.45) is 0 Å². The van der Waals surface area contributed by atoms with Gasteiger partial charge in [-0.2, -0.15) is 0 Å². The summed E-state index contributed by atoms with van der Waals surface area (Å²) >= 11 is 0. The van der Waals surface area contributed by atoms with E-state index in [1.54, 1.807) is 32.4 Å². The number of rotatable bonds is 7. The van der Waals surface area contributed by atoms with Crippen LogP contribution in [0.4, 0.5) is 11.4 Å². The van der Waals surface area contributed by atoms with Crippen molar-refractivity contribution >= 4 is 17.3 Å². The summed E-state index contributed by atoms with van der Waals surface area (Å²) < 4.78 is 10.1. The summed E-state index contributed by atoms with van der Waals surface area (Å²) in [5, 5.41) is 2.78. The van der Waals surface area contributed by atoms with E-state index < -0.39 is 0 Å². The zero-order valence-corrected chi connectivity index (χ0v) is 11.6. The maximum Gasteiger partial charge on any atom is 0.238 e. The second-order valence-corrected chi connectivity index (χ2v) is 4.24. The summed E-state index contributed by atoms with van der Waals surface area (Å²) in [6.45, 7) is 1.56. The highest BCUT2D eigenvalue weighted by molar-refractivity contribution is 5.94. The third-order valence-corrected chi connectivity index (χ3v) is 2.59. The van der Waals surface area contributed by atoms with Crippen molar-refractivity contribution in [1.82, 2.24) is 4.90 Å². The maximum absolute atomic E-state index is 11.9. The van der Waals surface area contributed by atoms with E-state index in [4.69, 9.17) is 15.2 Å². The molecule has 0 atom stereocenters. The molecule has 0 saturated carbocycles. The highest BCUT2D eigenvalue weighted by Gasteiger charge is 2.10. The van der Waals surface area contributed by atoms with Crippen LogP contribution in [0.2, 0.25) is 0 Å². The van der Waals surface area contributed by atoms with Gasteiger partial charge in [0.2, 0.25) is 5.91 Å². The zero-order valence-electron chi connectivity index (χ0n) is 11.6. The molecule has 1 aromatic carbocycles. The van der Waals surface area contributed by atoms with E-state index in [1.807, 2.05) is 11.9 Å². The Bertz CT molecular complexity index is 424. The smallest absolute Gasteiger partial charge is 0.238 e. The number of carbonyl (C=O) groups excluding carboxylic acids is 1. The topological polar surface area (TPSA) is 76.8 Å². The highest BCUT2D eigenvalue weighted by atomic mass is 16.5. The van der Waals surface area contributed by atoms with Gasteiger partial charge >= 0.3 is 0 Å². The number of nitrogens with two attached hydrogens (primary N) is 1. The predicted molar refractivity (Wildman–Crippen MR) is 75.4 cm³/mol. The van der Waals surface area contributed by atoms with Crippen molar-refractivity contribution in [1.29, 1.82) is 0 Å². The molecule has 0 spiro atoms. The number of carbonyl (C=O) groups is 1. The molecule has 0 aromatic heterocycles. The number of nitrogens with one attached hydrogen (secondary N) is 1. The molecule has 0 aliphatic carbocycles. The molecule has 1 aromatic rings. The van der Waals surface area contributed by atoms with Crippen LogP contribution < -0.4 is 15.8 Å². The van der Waals surface area contributed by atoms with Crippen molar-refractivity contribution in [3.05, 3.63) is 18.2 Å². The predicted octanol–water partition coefficient (Wildman–Crippen LogP) is 0.794. The van der Waals surface area contributed by atoms with Crippen LogP contribution in [0, 0.1) is 0 Å². The average Bonchev–Trinajstić information content (AvgIpc) is 2.36. The number of ether oxygens (including phenoxy) is 2. The first kappa shape index (κ1) is 15.3. The molecule has 0 bridgehead atoms. The van der Waals surface area contributed by atoms with Crippen LogP contribution in [0.15, 0.2) is 18.2 Å². The molecule has 19 heavy (non-hydrogen) atoms. The molecular weight excluding hydrogens is 246 g/mol. The van der Waals surface area contributed by atoms with E-state index in [-0.39, 0.29) is 12.5 Å². The van der Waals surface area contributed by atoms with Gasteiger partial charge in [0.05, 0.1) is 25.9 Å². The summed E-state index contributed by atoms with van der Waals surface area (Å²) in [5.41, 5.74) is 6.84. The first-order valence-corrected chi connectivity index (χ1v) is 5.97. The molecule has 0 fully saturated rings. The lowest BCUT2D eigenvalue weighted by Crippen LogP contribution is -2.32. The van der Waals surface area contributed by atoms with Crippen LogP contribution >= 0.6 is 0 Å². The summed E-state index contributed by atoms with van der Waals surface area (Å²) in [6, 6.07) is 5.12. The third-order valence-electron chi connectivity index (χ3n) is 2.59. The summed E-state index contributed by atoms with van der Waals surface area (Å²) in [5.74, 6) is 0.463. The van der Waals surface area contributed by atoms with Gasteiger partial charge in [-0.3, -0.25) is 9.69 Å².